The molecule has 0 N–H and O–H groups in total. The lowest BCUT2D eigenvalue weighted by Gasteiger charge is -2.12. The standard InChI is InChI=1S/C23H22N2O3/c1-26-20-14-17(15-21(27-2)23(20)28-3)16-24-25-22(18-10-6-4-7-11-18)19-12-8-5-9-13-19/h4-16H,1-3H3/b24-16-. The zero-order chi connectivity index (χ0) is 19.8. The first-order chi connectivity index (χ1) is 13.8. The summed E-state index contributed by atoms with van der Waals surface area (Å²) in [6.07, 6.45) is 1.66. The van der Waals surface area contributed by atoms with Gasteiger partial charge < -0.3 is 14.2 Å². The average Bonchev–Trinajstić information content (AvgIpc) is 2.77. The van der Waals surface area contributed by atoms with Gasteiger partial charge in [-0.05, 0) is 12.1 Å². The summed E-state index contributed by atoms with van der Waals surface area (Å²) in [5.74, 6) is 1.68. The Hall–Kier alpha value is -3.60. The van der Waals surface area contributed by atoms with E-state index < -0.39 is 0 Å². The fraction of sp³-hybridized carbons (Fsp3) is 0.130. The first-order valence-electron chi connectivity index (χ1n) is 8.78. The second-order valence-corrected chi connectivity index (χ2v) is 5.88. The van der Waals surface area contributed by atoms with Crippen molar-refractivity contribution in [2.75, 3.05) is 21.3 Å². The largest absolute Gasteiger partial charge is 0.493 e. The van der Waals surface area contributed by atoms with Crippen LogP contribution in [0.2, 0.25) is 0 Å². The van der Waals surface area contributed by atoms with E-state index in [1.165, 1.54) is 0 Å². The molecule has 3 aromatic rings. The van der Waals surface area contributed by atoms with Gasteiger partial charge in [-0.3, -0.25) is 0 Å². The van der Waals surface area contributed by atoms with Crippen LogP contribution in [-0.4, -0.2) is 33.3 Å². The Morgan fingerprint density at radius 3 is 1.64 bits per heavy atom. The van der Waals surface area contributed by atoms with Crippen molar-refractivity contribution < 1.29 is 14.2 Å². The minimum Gasteiger partial charge on any atom is -0.493 e. The smallest absolute Gasteiger partial charge is 0.203 e. The third-order valence-corrected chi connectivity index (χ3v) is 4.15. The third kappa shape index (κ3) is 4.38. The Morgan fingerprint density at radius 1 is 0.714 bits per heavy atom. The Morgan fingerprint density at radius 2 is 1.21 bits per heavy atom. The predicted molar refractivity (Wildman–Crippen MR) is 112 cm³/mol. The van der Waals surface area contributed by atoms with Gasteiger partial charge >= 0.3 is 0 Å². The van der Waals surface area contributed by atoms with Gasteiger partial charge in [0.15, 0.2) is 11.5 Å². The summed E-state index contributed by atoms with van der Waals surface area (Å²) < 4.78 is 16.1. The third-order valence-electron chi connectivity index (χ3n) is 4.15. The van der Waals surface area contributed by atoms with Crippen molar-refractivity contribution in [2.45, 2.75) is 0 Å². The number of nitrogens with zero attached hydrogens (tertiary/aromatic N) is 2. The average molecular weight is 374 g/mol. The molecule has 0 aliphatic heterocycles. The van der Waals surface area contributed by atoms with Gasteiger partial charge in [-0.1, -0.05) is 60.7 Å². The zero-order valence-corrected chi connectivity index (χ0v) is 16.1. The second-order valence-electron chi connectivity index (χ2n) is 5.88. The van der Waals surface area contributed by atoms with E-state index in [9.17, 15) is 0 Å². The number of rotatable bonds is 7. The lowest BCUT2D eigenvalue weighted by molar-refractivity contribution is 0.324. The van der Waals surface area contributed by atoms with Crippen molar-refractivity contribution in [3.05, 3.63) is 89.5 Å². The summed E-state index contributed by atoms with van der Waals surface area (Å²) in [6.45, 7) is 0. The number of benzene rings is 3. The van der Waals surface area contributed by atoms with Crippen LogP contribution in [0.15, 0.2) is 83.0 Å². The first-order valence-corrected chi connectivity index (χ1v) is 8.78. The highest BCUT2D eigenvalue weighted by molar-refractivity contribution is 6.12. The van der Waals surface area contributed by atoms with E-state index in [-0.39, 0.29) is 0 Å². The van der Waals surface area contributed by atoms with Crippen LogP contribution >= 0.6 is 0 Å². The molecule has 0 amide bonds. The first kappa shape index (κ1) is 19.2. The highest BCUT2D eigenvalue weighted by Gasteiger charge is 2.12. The Kier molecular flexibility index (Phi) is 6.41. The van der Waals surface area contributed by atoms with Crippen molar-refractivity contribution in [2.24, 2.45) is 10.2 Å². The highest BCUT2D eigenvalue weighted by Crippen LogP contribution is 2.37. The van der Waals surface area contributed by atoms with E-state index in [4.69, 9.17) is 14.2 Å². The molecule has 0 saturated heterocycles. The molecule has 0 spiro atoms. The van der Waals surface area contributed by atoms with E-state index >= 15 is 0 Å². The molecule has 28 heavy (non-hydrogen) atoms. The van der Waals surface area contributed by atoms with Gasteiger partial charge in [-0.15, -0.1) is 5.10 Å². The van der Waals surface area contributed by atoms with E-state index in [1.807, 2.05) is 72.8 Å². The number of ether oxygens (including phenoxy) is 3. The highest BCUT2D eigenvalue weighted by atomic mass is 16.5. The fourth-order valence-electron chi connectivity index (χ4n) is 2.80. The van der Waals surface area contributed by atoms with Crippen LogP contribution in [-0.2, 0) is 0 Å². The van der Waals surface area contributed by atoms with Crippen LogP contribution in [0.1, 0.15) is 16.7 Å². The molecule has 5 heteroatoms. The second kappa shape index (κ2) is 9.37. The summed E-state index contributed by atoms with van der Waals surface area (Å²) in [5.41, 5.74) is 3.58. The van der Waals surface area contributed by atoms with Gasteiger partial charge in [0.1, 0.15) is 5.71 Å². The quantitative estimate of drug-likeness (QED) is 0.449. The van der Waals surface area contributed by atoms with Crippen LogP contribution in [0.4, 0.5) is 0 Å². The lowest BCUT2D eigenvalue weighted by atomic mass is 10.0. The molecule has 142 valence electrons. The minimum atomic E-state index is 0.542. The fourth-order valence-corrected chi connectivity index (χ4v) is 2.80. The summed E-state index contributed by atoms with van der Waals surface area (Å²) in [4.78, 5) is 0. The molecule has 0 fully saturated rings. The maximum absolute atomic E-state index is 5.38. The van der Waals surface area contributed by atoms with Crippen molar-refractivity contribution in [1.29, 1.82) is 0 Å². The number of methoxy groups -OCH3 is 3. The number of hydrogen-bond donors (Lipinski definition) is 0. The van der Waals surface area contributed by atoms with Crippen LogP contribution in [0.3, 0.4) is 0 Å². The summed E-state index contributed by atoms with van der Waals surface area (Å²) in [6, 6.07) is 23.6. The SMILES string of the molecule is COc1cc(/C=N\N=C(c2ccccc2)c2ccccc2)cc(OC)c1OC. The van der Waals surface area contributed by atoms with Gasteiger partial charge in [0.25, 0.3) is 0 Å². The van der Waals surface area contributed by atoms with Crippen LogP contribution in [0.25, 0.3) is 0 Å². The zero-order valence-electron chi connectivity index (χ0n) is 16.1. The monoisotopic (exact) mass is 374 g/mol. The molecule has 0 atom stereocenters. The van der Waals surface area contributed by atoms with E-state index in [0.717, 1.165) is 22.4 Å². The molecule has 5 nitrogen and oxygen atoms in total. The predicted octanol–water partition coefficient (Wildman–Crippen LogP) is 4.58. The molecular formula is C23H22N2O3. The Bertz CT molecular complexity index is 901. The molecule has 0 aliphatic carbocycles. The normalized spacial score (nSPS) is 10.5. The van der Waals surface area contributed by atoms with Gasteiger partial charge in [-0.2, -0.15) is 5.10 Å². The van der Waals surface area contributed by atoms with Crippen molar-refractivity contribution >= 4 is 11.9 Å². The van der Waals surface area contributed by atoms with Crippen LogP contribution in [0, 0.1) is 0 Å². The van der Waals surface area contributed by atoms with Gasteiger partial charge in [0.2, 0.25) is 5.75 Å². The van der Waals surface area contributed by atoms with E-state index in [1.54, 1.807) is 27.5 Å². The van der Waals surface area contributed by atoms with Crippen molar-refractivity contribution in [3.63, 3.8) is 0 Å². The van der Waals surface area contributed by atoms with Crippen molar-refractivity contribution in [1.82, 2.24) is 0 Å². The summed E-state index contributed by atoms with van der Waals surface area (Å²) in [7, 11) is 4.74. The van der Waals surface area contributed by atoms with Crippen LogP contribution in [0.5, 0.6) is 17.2 Å². The van der Waals surface area contributed by atoms with E-state index in [0.29, 0.717) is 17.2 Å². The van der Waals surface area contributed by atoms with E-state index in [2.05, 4.69) is 10.2 Å². The maximum atomic E-state index is 5.38. The van der Waals surface area contributed by atoms with Crippen LogP contribution < -0.4 is 14.2 Å². The Balaban J connectivity index is 1.98. The minimum absolute atomic E-state index is 0.542. The topological polar surface area (TPSA) is 52.4 Å². The molecule has 0 heterocycles. The van der Waals surface area contributed by atoms with Gasteiger partial charge in [0, 0.05) is 16.7 Å². The maximum Gasteiger partial charge on any atom is 0.203 e. The molecule has 0 aliphatic rings. The summed E-state index contributed by atoms with van der Waals surface area (Å²) >= 11 is 0. The lowest BCUT2D eigenvalue weighted by Crippen LogP contribution is -2.02. The molecule has 3 rings (SSSR count). The summed E-state index contributed by atoms with van der Waals surface area (Å²) in [5, 5.41) is 8.80. The molecule has 0 unspecified atom stereocenters. The molecule has 0 saturated carbocycles. The molecular weight excluding hydrogens is 352 g/mol. The molecule has 3 aromatic carbocycles. The van der Waals surface area contributed by atoms with Gasteiger partial charge in [0.05, 0.1) is 27.5 Å². The molecule has 0 radical (unpaired) electrons. The number of hydrogen-bond acceptors (Lipinski definition) is 5. The van der Waals surface area contributed by atoms with Crippen molar-refractivity contribution in [3.8, 4) is 17.2 Å². The molecule has 0 aromatic heterocycles. The van der Waals surface area contributed by atoms with Gasteiger partial charge in [-0.25, -0.2) is 0 Å². The molecule has 0 bridgehead atoms. The Labute approximate surface area is 164 Å².